The molecule has 94 valence electrons. The maximum Gasteiger partial charge on any atom is 0.144 e. The molecule has 17 heavy (non-hydrogen) atoms. The number of nitrogens with one attached hydrogen (secondary N) is 1. The lowest BCUT2D eigenvalue weighted by Crippen LogP contribution is -2.41. The van der Waals surface area contributed by atoms with Gasteiger partial charge in [0.2, 0.25) is 0 Å². The Kier molecular flexibility index (Phi) is 3.93. The van der Waals surface area contributed by atoms with Crippen molar-refractivity contribution in [2.24, 2.45) is 11.8 Å². The number of piperidine rings is 1. The van der Waals surface area contributed by atoms with E-state index >= 15 is 0 Å². The third kappa shape index (κ3) is 2.94. The monoisotopic (exact) mass is 236 g/mol. The van der Waals surface area contributed by atoms with Crippen LogP contribution in [0.5, 0.6) is 0 Å². The minimum atomic E-state index is -0.160. The van der Waals surface area contributed by atoms with Crippen molar-refractivity contribution >= 4 is 5.82 Å². The number of likely N-dealkylation sites (tertiary alicyclic amines) is 1. The lowest BCUT2D eigenvalue weighted by atomic mass is 9.96. The Bertz CT molecular complexity index is 371. The highest BCUT2D eigenvalue weighted by atomic mass is 16.3. The second-order valence-electron chi connectivity index (χ2n) is 4.72. The number of rotatable bonds is 3. The van der Waals surface area contributed by atoms with Crippen molar-refractivity contribution in [1.29, 1.82) is 0 Å². The number of pyridine rings is 1. The van der Waals surface area contributed by atoms with Crippen LogP contribution in [0.15, 0.2) is 18.3 Å². The van der Waals surface area contributed by atoms with E-state index in [1.165, 1.54) is 0 Å². The molecule has 0 saturated carbocycles. The van der Waals surface area contributed by atoms with E-state index in [2.05, 4.69) is 22.2 Å². The molecule has 1 fully saturated rings. The fourth-order valence-corrected chi connectivity index (χ4v) is 2.30. The van der Waals surface area contributed by atoms with Crippen LogP contribution in [0.3, 0.4) is 0 Å². The summed E-state index contributed by atoms with van der Waals surface area (Å²) in [5, 5.41) is 9.69. The van der Waals surface area contributed by atoms with Gasteiger partial charge in [0, 0.05) is 31.4 Å². The van der Waals surface area contributed by atoms with Crippen LogP contribution in [0.1, 0.15) is 18.9 Å². The molecule has 1 aromatic rings. The van der Waals surface area contributed by atoms with Crippen molar-refractivity contribution in [2.75, 3.05) is 18.5 Å². The minimum absolute atomic E-state index is 0.160. The molecule has 5 nitrogen and oxygen atoms in total. The number of aliphatic hydroxyl groups excluding tert-OH is 1. The van der Waals surface area contributed by atoms with E-state index in [-0.39, 0.29) is 6.10 Å². The third-order valence-electron chi connectivity index (χ3n) is 3.37. The summed E-state index contributed by atoms with van der Waals surface area (Å²) in [6.45, 7) is 4.75. The molecule has 2 heterocycles. The Balaban J connectivity index is 2.01. The Labute approximate surface area is 102 Å². The molecule has 0 bridgehead atoms. The molecule has 2 atom stereocenters. The van der Waals surface area contributed by atoms with E-state index in [1.807, 2.05) is 12.1 Å². The van der Waals surface area contributed by atoms with E-state index in [1.54, 1.807) is 6.20 Å². The molecule has 1 aromatic heterocycles. The summed E-state index contributed by atoms with van der Waals surface area (Å²) < 4.78 is 0. The van der Waals surface area contributed by atoms with Crippen molar-refractivity contribution in [1.82, 2.24) is 9.88 Å². The predicted molar refractivity (Wildman–Crippen MR) is 67.1 cm³/mol. The van der Waals surface area contributed by atoms with E-state index in [0.717, 1.165) is 37.4 Å². The number of nitrogen functional groups attached to an aromatic ring is 1. The van der Waals surface area contributed by atoms with Crippen molar-refractivity contribution in [2.45, 2.75) is 26.0 Å². The average molecular weight is 236 g/mol. The van der Waals surface area contributed by atoms with Gasteiger partial charge in [-0.15, -0.1) is 0 Å². The van der Waals surface area contributed by atoms with Crippen LogP contribution in [-0.4, -0.2) is 34.2 Å². The van der Waals surface area contributed by atoms with Gasteiger partial charge in [-0.3, -0.25) is 4.90 Å². The summed E-state index contributed by atoms with van der Waals surface area (Å²) in [6, 6.07) is 3.94. The molecule has 0 spiro atoms. The molecular formula is C12H20N4O. The number of hydrogen-bond acceptors (Lipinski definition) is 5. The molecule has 1 aliphatic heterocycles. The minimum Gasteiger partial charge on any atom is -0.393 e. The van der Waals surface area contributed by atoms with E-state index in [0.29, 0.717) is 5.92 Å². The normalized spacial score (nSPS) is 25.8. The van der Waals surface area contributed by atoms with Crippen LogP contribution in [0.25, 0.3) is 0 Å². The van der Waals surface area contributed by atoms with Gasteiger partial charge in [-0.2, -0.15) is 0 Å². The van der Waals surface area contributed by atoms with Crippen molar-refractivity contribution in [3.63, 3.8) is 0 Å². The molecule has 1 saturated heterocycles. The lowest BCUT2D eigenvalue weighted by molar-refractivity contribution is 0.0320. The quantitative estimate of drug-likeness (QED) is 0.528. The molecule has 4 N–H and O–H groups in total. The fourth-order valence-electron chi connectivity index (χ4n) is 2.30. The first kappa shape index (κ1) is 12.3. The predicted octanol–water partition coefficient (Wildman–Crippen LogP) is 0.570. The molecule has 0 aliphatic carbocycles. The molecule has 0 amide bonds. The van der Waals surface area contributed by atoms with Crippen LogP contribution in [0.2, 0.25) is 0 Å². The maximum absolute atomic E-state index is 9.69. The zero-order chi connectivity index (χ0) is 12.3. The maximum atomic E-state index is 9.69. The first-order chi connectivity index (χ1) is 8.20. The molecule has 2 unspecified atom stereocenters. The summed E-state index contributed by atoms with van der Waals surface area (Å²) in [7, 11) is 0. The Morgan fingerprint density at radius 2 is 2.47 bits per heavy atom. The summed E-state index contributed by atoms with van der Waals surface area (Å²) >= 11 is 0. The van der Waals surface area contributed by atoms with E-state index in [9.17, 15) is 5.11 Å². The molecular weight excluding hydrogens is 216 g/mol. The fraction of sp³-hybridized carbons (Fsp3) is 0.583. The van der Waals surface area contributed by atoms with Gasteiger partial charge in [0.25, 0.3) is 0 Å². The van der Waals surface area contributed by atoms with Crippen molar-refractivity contribution in [3.05, 3.63) is 23.9 Å². The van der Waals surface area contributed by atoms with Crippen LogP contribution < -0.4 is 11.3 Å². The third-order valence-corrected chi connectivity index (χ3v) is 3.37. The van der Waals surface area contributed by atoms with Gasteiger partial charge >= 0.3 is 0 Å². The highest BCUT2D eigenvalue weighted by molar-refractivity contribution is 5.42. The van der Waals surface area contributed by atoms with Gasteiger partial charge in [-0.05, 0) is 18.4 Å². The van der Waals surface area contributed by atoms with Gasteiger partial charge in [-0.1, -0.05) is 13.0 Å². The molecule has 2 rings (SSSR count). The number of anilines is 1. The van der Waals surface area contributed by atoms with Crippen LogP contribution in [-0.2, 0) is 6.54 Å². The second kappa shape index (κ2) is 5.44. The van der Waals surface area contributed by atoms with Crippen LogP contribution in [0, 0.1) is 5.92 Å². The zero-order valence-corrected chi connectivity index (χ0v) is 10.1. The Hall–Kier alpha value is -1.17. The average Bonchev–Trinajstić information content (AvgIpc) is 2.34. The number of aromatic nitrogens is 1. The SMILES string of the molecule is CC1CN(Cc2cccnc2NN)CCC1O. The standard InChI is InChI=1S/C12H20N4O/c1-9-7-16(6-4-11(9)17)8-10-3-2-5-14-12(10)15-13/h2-3,5,9,11,17H,4,6-8,13H2,1H3,(H,14,15). The summed E-state index contributed by atoms with van der Waals surface area (Å²) in [5.74, 6) is 6.49. The van der Waals surface area contributed by atoms with Gasteiger partial charge in [0.05, 0.1) is 6.10 Å². The van der Waals surface area contributed by atoms with E-state index < -0.39 is 0 Å². The van der Waals surface area contributed by atoms with Crippen molar-refractivity contribution < 1.29 is 5.11 Å². The lowest BCUT2D eigenvalue weighted by Gasteiger charge is -2.34. The number of hydrazine groups is 1. The number of aliphatic hydroxyl groups is 1. The highest BCUT2D eigenvalue weighted by Gasteiger charge is 2.24. The number of nitrogens with zero attached hydrogens (tertiary/aromatic N) is 2. The summed E-state index contributed by atoms with van der Waals surface area (Å²) in [4.78, 5) is 6.51. The first-order valence-electron chi connectivity index (χ1n) is 6.01. The molecule has 0 radical (unpaired) electrons. The number of nitrogens with two attached hydrogens (primary N) is 1. The summed E-state index contributed by atoms with van der Waals surface area (Å²) in [6.07, 6.45) is 2.40. The zero-order valence-electron chi connectivity index (χ0n) is 10.1. The Morgan fingerprint density at radius 3 is 3.18 bits per heavy atom. The first-order valence-corrected chi connectivity index (χ1v) is 6.01. The largest absolute Gasteiger partial charge is 0.393 e. The van der Waals surface area contributed by atoms with Crippen molar-refractivity contribution in [3.8, 4) is 0 Å². The summed E-state index contributed by atoms with van der Waals surface area (Å²) in [5.41, 5.74) is 3.71. The van der Waals surface area contributed by atoms with Gasteiger partial charge < -0.3 is 10.5 Å². The number of hydrogen-bond donors (Lipinski definition) is 3. The van der Waals surface area contributed by atoms with Gasteiger partial charge in [0.1, 0.15) is 5.82 Å². The molecule has 5 heteroatoms. The molecule has 0 aromatic carbocycles. The Morgan fingerprint density at radius 1 is 1.65 bits per heavy atom. The van der Waals surface area contributed by atoms with Gasteiger partial charge in [0.15, 0.2) is 0 Å². The van der Waals surface area contributed by atoms with Crippen LogP contribution >= 0.6 is 0 Å². The van der Waals surface area contributed by atoms with E-state index in [4.69, 9.17) is 5.84 Å². The van der Waals surface area contributed by atoms with Gasteiger partial charge in [-0.25, -0.2) is 10.8 Å². The second-order valence-corrected chi connectivity index (χ2v) is 4.72. The molecule has 1 aliphatic rings. The highest BCUT2D eigenvalue weighted by Crippen LogP contribution is 2.20. The smallest absolute Gasteiger partial charge is 0.144 e. The van der Waals surface area contributed by atoms with Crippen LogP contribution in [0.4, 0.5) is 5.82 Å². The topological polar surface area (TPSA) is 74.4 Å².